The summed E-state index contributed by atoms with van der Waals surface area (Å²) < 4.78 is 0.947. The number of amides is 1. The van der Waals surface area contributed by atoms with Gasteiger partial charge in [0, 0.05) is 25.0 Å². The first-order valence-corrected chi connectivity index (χ1v) is 6.37. The van der Waals surface area contributed by atoms with E-state index in [0.29, 0.717) is 6.42 Å². The second-order valence-electron chi connectivity index (χ2n) is 4.36. The van der Waals surface area contributed by atoms with Crippen molar-refractivity contribution in [2.75, 3.05) is 14.1 Å². The summed E-state index contributed by atoms with van der Waals surface area (Å²) in [7, 11) is 3.25. The molecule has 0 saturated heterocycles. The summed E-state index contributed by atoms with van der Waals surface area (Å²) in [6.07, 6.45) is 0.389. The highest BCUT2D eigenvalue weighted by atomic mass is 79.9. The maximum absolute atomic E-state index is 11.6. The predicted molar refractivity (Wildman–Crippen MR) is 72.3 cm³/mol. The molecule has 0 heterocycles. The fourth-order valence-electron chi connectivity index (χ4n) is 1.55. The molecule has 1 aromatic rings. The zero-order valence-electron chi connectivity index (χ0n) is 10.4. The molecule has 0 aromatic heterocycles. The van der Waals surface area contributed by atoms with Gasteiger partial charge in [-0.2, -0.15) is 0 Å². The number of carbonyl (C=O) groups excluding carboxylic acids is 1. The van der Waals surface area contributed by atoms with Crippen molar-refractivity contribution in [3.8, 4) is 0 Å². The van der Waals surface area contributed by atoms with Crippen molar-refractivity contribution < 1.29 is 14.7 Å². The fraction of sp³-hybridized carbons (Fsp3) is 0.385. The summed E-state index contributed by atoms with van der Waals surface area (Å²) in [4.78, 5) is 24.1. The van der Waals surface area contributed by atoms with E-state index in [1.807, 2.05) is 24.3 Å². The first kappa shape index (κ1) is 14.7. The highest BCUT2D eigenvalue weighted by Crippen LogP contribution is 2.16. The van der Waals surface area contributed by atoms with Crippen LogP contribution in [0, 0.1) is 5.92 Å². The Hall–Kier alpha value is -1.36. The second-order valence-corrected chi connectivity index (χ2v) is 5.27. The quantitative estimate of drug-likeness (QED) is 0.906. The molecule has 0 aliphatic carbocycles. The van der Waals surface area contributed by atoms with Gasteiger partial charge in [0.1, 0.15) is 0 Å². The van der Waals surface area contributed by atoms with E-state index in [1.54, 1.807) is 14.1 Å². The molecule has 0 fully saturated rings. The van der Waals surface area contributed by atoms with Crippen LogP contribution in [-0.2, 0) is 16.0 Å². The monoisotopic (exact) mass is 313 g/mol. The van der Waals surface area contributed by atoms with Crippen molar-refractivity contribution in [2.45, 2.75) is 12.8 Å². The van der Waals surface area contributed by atoms with Crippen LogP contribution in [0.15, 0.2) is 28.7 Å². The van der Waals surface area contributed by atoms with Gasteiger partial charge in [-0.05, 0) is 24.1 Å². The molecule has 1 aromatic carbocycles. The van der Waals surface area contributed by atoms with Gasteiger partial charge in [0.2, 0.25) is 5.91 Å². The van der Waals surface area contributed by atoms with E-state index in [1.165, 1.54) is 4.90 Å². The Morgan fingerprint density at radius 3 is 2.28 bits per heavy atom. The van der Waals surface area contributed by atoms with Crippen molar-refractivity contribution in [1.29, 1.82) is 0 Å². The van der Waals surface area contributed by atoms with Gasteiger partial charge >= 0.3 is 5.97 Å². The van der Waals surface area contributed by atoms with Crippen LogP contribution < -0.4 is 0 Å². The smallest absolute Gasteiger partial charge is 0.307 e. The van der Waals surface area contributed by atoms with Gasteiger partial charge in [0.25, 0.3) is 0 Å². The number of aliphatic carboxylic acids is 1. The van der Waals surface area contributed by atoms with Gasteiger partial charge in [-0.15, -0.1) is 0 Å². The van der Waals surface area contributed by atoms with Crippen molar-refractivity contribution in [2.24, 2.45) is 5.92 Å². The van der Waals surface area contributed by atoms with Crippen molar-refractivity contribution in [3.05, 3.63) is 34.3 Å². The Kier molecular flexibility index (Phi) is 5.34. The zero-order chi connectivity index (χ0) is 13.7. The van der Waals surface area contributed by atoms with Gasteiger partial charge in [-0.1, -0.05) is 28.1 Å². The third kappa shape index (κ3) is 4.49. The van der Waals surface area contributed by atoms with Gasteiger partial charge < -0.3 is 10.0 Å². The molecule has 1 N–H and O–H groups in total. The molecule has 0 aliphatic heterocycles. The van der Waals surface area contributed by atoms with Crippen LogP contribution in [0.5, 0.6) is 0 Å². The van der Waals surface area contributed by atoms with E-state index in [-0.39, 0.29) is 12.3 Å². The number of carboxylic acid groups (broad SMARTS) is 1. The van der Waals surface area contributed by atoms with Crippen LogP contribution in [0.3, 0.4) is 0 Å². The summed E-state index contributed by atoms with van der Waals surface area (Å²) >= 11 is 3.32. The molecule has 0 spiro atoms. The molecular weight excluding hydrogens is 298 g/mol. The molecule has 5 heteroatoms. The Bertz CT molecular complexity index is 428. The Morgan fingerprint density at radius 1 is 1.28 bits per heavy atom. The largest absolute Gasteiger partial charge is 0.481 e. The first-order chi connectivity index (χ1) is 8.40. The third-order valence-corrected chi connectivity index (χ3v) is 3.19. The molecule has 0 bridgehead atoms. The molecule has 98 valence electrons. The van der Waals surface area contributed by atoms with Crippen LogP contribution in [0.1, 0.15) is 12.0 Å². The van der Waals surface area contributed by atoms with E-state index in [0.717, 1.165) is 10.0 Å². The number of nitrogens with zero attached hydrogens (tertiary/aromatic N) is 1. The lowest BCUT2D eigenvalue weighted by Crippen LogP contribution is -2.28. The Morgan fingerprint density at radius 2 is 1.83 bits per heavy atom. The summed E-state index contributed by atoms with van der Waals surface area (Å²) in [5, 5.41) is 9.14. The molecule has 0 radical (unpaired) electrons. The molecule has 1 rings (SSSR count). The maximum Gasteiger partial charge on any atom is 0.307 e. The van der Waals surface area contributed by atoms with Crippen molar-refractivity contribution in [1.82, 2.24) is 4.90 Å². The standard InChI is InChI=1S/C13H16BrNO3/c1-15(2)12(16)8-10(13(17)18)7-9-3-5-11(14)6-4-9/h3-6,10H,7-8H2,1-2H3,(H,17,18). The van der Waals surface area contributed by atoms with Crippen LogP contribution in [0.25, 0.3) is 0 Å². The number of hydrogen-bond donors (Lipinski definition) is 1. The molecule has 18 heavy (non-hydrogen) atoms. The molecule has 4 nitrogen and oxygen atoms in total. The van der Waals surface area contributed by atoms with Crippen LogP contribution in [-0.4, -0.2) is 36.0 Å². The Labute approximate surface area is 115 Å². The maximum atomic E-state index is 11.6. The molecule has 1 amide bonds. The lowest BCUT2D eigenvalue weighted by molar-refractivity contribution is -0.145. The topological polar surface area (TPSA) is 57.6 Å². The SMILES string of the molecule is CN(C)C(=O)CC(Cc1ccc(Br)cc1)C(=O)O. The second kappa shape index (κ2) is 6.54. The van der Waals surface area contributed by atoms with Crippen LogP contribution >= 0.6 is 15.9 Å². The van der Waals surface area contributed by atoms with Crippen molar-refractivity contribution >= 4 is 27.8 Å². The normalized spacial score (nSPS) is 11.9. The minimum absolute atomic E-state index is 0.0262. The van der Waals surface area contributed by atoms with E-state index in [9.17, 15) is 9.59 Å². The summed E-state index contributed by atoms with van der Waals surface area (Å²) in [5.41, 5.74) is 0.914. The average molecular weight is 314 g/mol. The molecular formula is C13H16BrNO3. The number of carboxylic acids is 1. The highest BCUT2D eigenvalue weighted by molar-refractivity contribution is 9.10. The van der Waals surface area contributed by atoms with E-state index in [4.69, 9.17) is 5.11 Å². The molecule has 1 atom stereocenters. The van der Waals surface area contributed by atoms with E-state index >= 15 is 0 Å². The first-order valence-electron chi connectivity index (χ1n) is 5.57. The minimum Gasteiger partial charge on any atom is -0.481 e. The summed E-state index contributed by atoms with van der Waals surface area (Å²) in [6, 6.07) is 7.45. The Balaban J connectivity index is 2.72. The zero-order valence-corrected chi connectivity index (χ0v) is 12.0. The number of halogens is 1. The fourth-order valence-corrected chi connectivity index (χ4v) is 1.81. The van der Waals surface area contributed by atoms with Gasteiger partial charge in [0.05, 0.1) is 5.92 Å². The summed E-state index contributed by atoms with van der Waals surface area (Å²) in [6.45, 7) is 0. The van der Waals surface area contributed by atoms with Crippen LogP contribution in [0.4, 0.5) is 0 Å². The number of rotatable bonds is 5. The number of carbonyl (C=O) groups is 2. The van der Waals surface area contributed by atoms with Gasteiger partial charge in [-0.3, -0.25) is 9.59 Å². The molecule has 0 aliphatic rings. The van der Waals surface area contributed by atoms with Crippen LogP contribution in [0.2, 0.25) is 0 Å². The highest BCUT2D eigenvalue weighted by Gasteiger charge is 2.22. The van der Waals surface area contributed by atoms with E-state index < -0.39 is 11.9 Å². The minimum atomic E-state index is -0.937. The lowest BCUT2D eigenvalue weighted by Gasteiger charge is -2.15. The number of hydrogen-bond acceptors (Lipinski definition) is 2. The van der Waals surface area contributed by atoms with Gasteiger partial charge in [0.15, 0.2) is 0 Å². The average Bonchev–Trinajstić information content (AvgIpc) is 2.30. The summed E-state index contributed by atoms with van der Waals surface area (Å²) in [5.74, 6) is -1.78. The van der Waals surface area contributed by atoms with Crippen molar-refractivity contribution in [3.63, 3.8) is 0 Å². The van der Waals surface area contributed by atoms with E-state index in [2.05, 4.69) is 15.9 Å². The van der Waals surface area contributed by atoms with Gasteiger partial charge in [-0.25, -0.2) is 0 Å². The molecule has 1 unspecified atom stereocenters. The number of benzene rings is 1. The third-order valence-electron chi connectivity index (χ3n) is 2.66. The predicted octanol–water partition coefficient (Wildman–Crippen LogP) is 2.17. The lowest BCUT2D eigenvalue weighted by atomic mass is 9.96. The molecule has 0 saturated carbocycles.